The number of amides is 2. The first-order valence-corrected chi connectivity index (χ1v) is 14.4. The van der Waals surface area contributed by atoms with E-state index in [1.807, 2.05) is 11.8 Å². The van der Waals surface area contributed by atoms with Gasteiger partial charge in [-0.2, -0.15) is 5.10 Å². The van der Waals surface area contributed by atoms with Crippen molar-refractivity contribution in [2.75, 3.05) is 29.9 Å². The highest BCUT2D eigenvalue weighted by Gasteiger charge is 2.47. The molecule has 1 saturated heterocycles. The SMILES string of the molecule is C[C@]1(c2cccc(Cl)c2F)CN(c2[nH]ncc2P)C(=O)c2cnc(NC3CN(C(=O)[C@@H]4CC4P)C3)c(P)c21. The van der Waals surface area contributed by atoms with Crippen LogP contribution >= 0.6 is 39.3 Å². The summed E-state index contributed by atoms with van der Waals surface area (Å²) in [6.07, 6.45) is 4.09. The van der Waals surface area contributed by atoms with Gasteiger partial charge < -0.3 is 10.2 Å². The quantitative estimate of drug-likeness (QED) is 0.446. The number of benzene rings is 1. The summed E-state index contributed by atoms with van der Waals surface area (Å²) in [6, 6.07) is 4.97. The molecule has 2 N–H and O–H groups in total. The Bertz CT molecular complexity index is 1480. The Hall–Kier alpha value is -2.17. The molecule has 3 aromatic rings. The summed E-state index contributed by atoms with van der Waals surface area (Å²) < 4.78 is 15.6. The van der Waals surface area contributed by atoms with Crippen molar-refractivity contribution in [2.24, 2.45) is 5.92 Å². The topological polar surface area (TPSA) is 94.2 Å². The predicted octanol–water partition coefficient (Wildman–Crippen LogP) is 2.45. The number of anilines is 2. The van der Waals surface area contributed by atoms with Gasteiger partial charge in [0.05, 0.1) is 22.8 Å². The van der Waals surface area contributed by atoms with E-state index in [0.29, 0.717) is 52.4 Å². The number of pyridine rings is 1. The van der Waals surface area contributed by atoms with E-state index in [0.717, 1.165) is 11.7 Å². The van der Waals surface area contributed by atoms with Crippen molar-refractivity contribution in [1.29, 1.82) is 0 Å². The largest absolute Gasteiger partial charge is 0.363 e. The zero-order valence-corrected chi connectivity index (χ0v) is 24.8. The number of nitrogens with zero attached hydrogens (tertiary/aromatic N) is 4. The molecule has 198 valence electrons. The number of likely N-dealkylation sites (tertiary alicyclic amines) is 1. The van der Waals surface area contributed by atoms with Crippen LogP contribution in [0.3, 0.4) is 0 Å². The highest BCUT2D eigenvalue weighted by atomic mass is 35.5. The average molecular weight is 591 g/mol. The number of carbonyl (C=O) groups excluding carboxylic acids is 2. The first-order valence-electron chi connectivity index (χ1n) is 12.2. The molecular formula is C25H27ClFN6O2P3. The lowest BCUT2D eigenvalue weighted by molar-refractivity contribution is -0.136. The Morgan fingerprint density at radius 3 is 2.68 bits per heavy atom. The van der Waals surface area contributed by atoms with Crippen molar-refractivity contribution in [3.05, 3.63) is 58.1 Å². The minimum absolute atomic E-state index is 0.0160. The van der Waals surface area contributed by atoms with E-state index in [2.05, 4.69) is 48.2 Å². The number of rotatable bonds is 5. The molecule has 38 heavy (non-hydrogen) atoms. The van der Waals surface area contributed by atoms with Crippen LogP contribution < -0.4 is 20.8 Å². The smallest absolute Gasteiger partial charge is 0.261 e. The number of hydrogen-bond donors (Lipinski definition) is 2. The number of carbonyl (C=O) groups is 2. The molecule has 0 radical (unpaired) electrons. The first kappa shape index (κ1) is 26.1. The predicted molar refractivity (Wildman–Crippen MR) is 157 cm³/mol. The Balaban J connectivity index is 1.38. The molecule has 6 atom stereocenters. The van der Waals surface area contributed by atoms with Crippen molar-refractivity contribution in [3.63, 3.8) is 0 Å². The molecule has 2 fully saturated rings. The molecule has 1 aliphatic carbocycles. The fourth-order valence-corrected chi connectivity index (χ4v) is 7.08. The molecule has 2 aliphatic heterocycles. The van der Waals surface area contributed by atoms with Crippen LogP contribution in [-0.4, -0.2) is 63.2 Å². The van der Waals surface area contributed by atoms with Crippen LogP contribution in [0.15, 0.2) is 30.6 Å². The van der Waals surface area contributed by atoms with Crippen molar-refractivity contribution >= 4 is 73.4 Å². The summed E-state index contributed by atoms with van der Waals surface area (Å²) in [6.45, 7) is 3.26. The average Bonchev–Trinajstić information content (AvgIpc) is 3.44. The highest BCUT2D eigenvalue weighted by molar-refractivity contribution is 7.28. The summed E-state index contributed by atoms with van der Waals surface area (Å²) in [5.74, 6) is 0.656. The summed E-state index contributed by atoms with van der Waals surface area (Å²) in [5.41, 5.74) is 0.854. The third-order valence-electron chi connectivity index (χ3n) is 7.77. The third-order valence-corrected chi connectivity index (χ3v) is 9.79. The lowest BCUT2D eigenvalue weighted by atomic mass is 9.71. The maximum atomic E-state index is 15.6. The molecule has 4 unspecified atom stereocenters. The Morgan fingerprint density at radius 1 is 1.29 bits per heavy atom. The van der Waals surface area contributed by atoms with Gasteiger partial charge in [-0.25, -0.2) is 9.37 Å². The van der Waals surface area contributed by atoms with Gasteiger partial charge in [0.25, 0.3) is 5.91 Å². The molecule has 1 saturated carbocycles. The van der Waals surface area contributed by atoms with Crippen molar-refractivity contribution in [2.45, 2.75) is 30.5 Å². The van der Waals surface area contributed by atoms with Gasteiger partial charge in [0.1, 0.15) is 17.5 Å². The van der Waals surface area contributed by atoms with Crippen molar-refractivity contribution in [1.82, 2.24) is 20.1 Å². The second-order valence-corrected chi connectivity index (χ2v) is 12.9. The molecule has 13 heteroatoms. The van der Waals surface area contributed by atoms with Crippen molar-refractivity contribution in [3.8, 4) is 0 Å². The maximum Gasteiger partial charge on any atom is 0.261 e. The number of aromatic nitrogens is 3. The molecule has 2 aromatic heterocycles. The van der Waals surface area contributed by atoms with Gasteiger partial charge in [0, 0.05) is 53.3 Å². The van der Waals surface area contributed by atoms with Crippen LogP contribution in [0.1, 0.15) is 34.8 Å². The molecular weight excluding hydrogens is 564 g/mol. The number of nitrogens with one attached hydrogen (secondary N) is 2. The fraction of sp³-hybridized carbons (Fsp3) is 0.360. The van der Waals surface area contributed by atoms with Gasteiger partial charge >= 0.3 is 0 Å². The molecule has 2 amide bonds. The van der Waals surface area contributed by atoms with E-state index in [-0.39, 0.29) is 35.3 Å². The fourth-order valence-electron chi connectivity index (χ4n) is 5.52. The summed E-state index contributed by atoms with van der Waals surface area (Å²) in [5, 5.41) is 11.8. The number of halogens is 2. The zero-order valence-electron chi connectivity index (χ0n) is 20.5. The van der Waals surface area contributed by atoms with E-state index < -0.39 is 11.2 Å². The van der Waals surface area contributed by atoms with E-state index in [9.17, 15) is 9.59 Å². The highest BCUT2D eigenvalue weighted by Crippen LogP contribution is 2.43. The van der Waals surface area contributed by atoms with Gasteiger partial charge in [0.15, 0.2) is 0 Å². The van der Waals surface area contributed by atoms with Gasteiger partial charge in [-0.1, -0.05) is 33.0 Å². The van der Waals surface area contributed by atoms with Gasteiger partial charge in [0.2, 0.25) is 5.91 Å². The number of fused-ring (bicyclic) bond motifs is 1. The summed E-state index contributed by atoms with van der Waals surface area (Å²) in [4.78, 5) is 34.3. The Morgan fingerprint density at radius 2 is 2.03 bits per heavy atom. The second kappa shape index (κ2) is 9.48. The third kappa shape index (κ3) is 4.14. The van der Waals surface area contributed by atoms with E-state index in [1.165, 1.54) is 6.07 Å². The normalized spacial score (nSPS) is 24.7. The monoisotopic (exact) mass is 590 g/mol. The minimum atomic E-state index is -0.960. The lowest BCUT2D eigenvalue weighted by Gasteiger charge is -2.43. The molecule has 0 bridgehead atoms. The number of H-pyrrole nitrogens is 1. The van der Waals surface area contributed by atoms with Crippen molar-refractivity contribution < 1.29 is 14.0 Å². The van der Waals surface area contributed by atoms with Crippen LogP contribution in [0.25, 0.3) is 0 Å². The summed E-state index contributed by atoms with van der Waals surface area (Å²) >= 11 is 6.21. The first-order chi connectivity index (χ1) is 18.1. The molecule has 4 heterocycles. The second-order valence-electron chi connectivity index (χ2n) is 10.4. The molecule has 3 aliphatic rings. The maximum absolute atomic E-state index is 15.6. The van der Waals surface area contributed by atoms with Crippen LogP contribution in [0.2, 0.25) is 5.02 Å². The van der Waals surface area contributed by atoms with Crippen LogP contribution in [0.5, 0.6) is 0 Å². The van der Waals surface area contributed by atoms with Crippen LogP contribution in [0.4, 0.5) is 16.0 Å². The van der Waals surface area contributed by atoms with E-state index in [1.54, 1.807) is 29.4 Å². The summed E-state index contributed by atoms with van der Waals surface area (Å²) in [7, 11) is 7.99. The lowest BCUT2D eigenvalue weighted by Crippen LogP contribution is -2.58. The zero-order chi connectivity index (χ0) is 26.9. The number of hydrogen-bond acceptors (Lipinski definition) is 5. The molecule has 1 aromatic carbocycles. The molecule has 8 nitrogen and oxygen atoms in total. The Labute approximate surface area is 231 Å². The van der Waals surface area contributed by atoms with Gasteiger partial charge in [-0.05, 0) is 30.6 Å². The number of aromatic amines is 1. The standard InChI is InChI=1S/C25H27ClFN6O2P3/c1-25(14-3-2-4-15(26)19(14)27)10-33(22-17(37)7-29-31-22)24(35)13-6-28-21(20(38)18(13)25)30-11-8-32(9-11)23(34)12-5-16(12)36/h2-4,6-7,11-12,16H,5,8-10,36-38H2,1H3,(H,28,30)(H,29,31)/t12-,16?,25-/m1/s1. The minimum Gasteiger partial charge on any atom is -0.363 e. The van der Waals surface area contributed by atoms with Gasteiger partial charge in [-0.15, -0.1) is 18.5 Å². The van der Waals surface area contributed by atoms with Crippen LogP contribution in [0, 0.1) is 11.7 Å². The van der Waals surface area contributed by atoms with E-state index >= 15 is 4.39 Å². The van der Waals surface area contributed by atoms with E-state index in [4.69, 9.17) is 11.6 Å². The Kier molecular flexibility index (Phi) is 6.51. The van der Waals surface area contributed by atoms with Crippen LogP contribution in [-0.2, 0) is 10.2 Å². The molecule has 0 spiro atoms. The molecule has 6 rings (SSSR count). The van der Waals surface area contributed by atoms with Gasteiger partial charge in [-0.3, -0.25) is 19.6 Å².